The van der Waals surface area contributed by atoms with Crippen molar-refractivity contribution in [3.8, 4) is 0 Å². The first-order valence-corrected chi connectivity index (χ1v) is 7.08. The van der Waals surface area contributed by atoms with Crippen molar-refractivity contribution in [1.82, 2.24) is 9.88 Å². The van der Waals surface area contributed by atoms with Gasteiger partial charge in [-0.05, 0) is 38.4 Å². The molecule has 0 radical (unpaired) electrons. The minimum atomic E-state index is 0.522. The molecule has 2 rings (SSSR count). The fourth-order valence-electron chi connectivity index (χ4n) is 2.81. The number of nitrogens with one attached hydrogen (secondary N) is 1. The monoisotopic (exact) mass is 262 g/mol. The van der Waals surface area contributed by atoms with Gasteiger partial charge in [0, 0.05) is 38.9 Å². The lowest BCUT2D eigenvalue weighted by Gasteiger charge is -2.40. The molecule has 3 atom stereocenters. The first kappa shape index (κ1) is 14.1. The molecule has 1 fully saturated rings. The van der Waals surface area contributed by atoms with E-state index in [-0.39, 0.29) is 0 Å². The van der Waals surface area contributed by atoms with E-state index < -0.39 is 0 Å². The molecule has 1 saturated heterocycles. The van der Waals surface area contributed by atoms with Crippen LogP contribution in [0.25, 0.3) is 0 Å². The lowest BCUT2D eigenvalue weighted by molar-refractivity contribution is 0.145. The van der Waals surface area contributed by atoms with Gasteiger partial charge in [-0.2, -0.15) is 0 Å². The molecule has 0 bridgehead atoms. The molecule has 19 heavy (non-hydrogen) atoms. The van der Waals surface area contributed by atoms with Gasteiger partial charge in [0.25, 0.3) is 0 Å². The molecule has 1 aromatic heterocycles. The van der Waals surface area contributed by atoms with Gasteiger partial charge in [-0.3, -0.25) is 0 Å². The van der Waals surface area contributed by atoms with E-state index in [1.54, 1.807) is 0 Å². The Morgan fingerprint density at radius 3 is 2.79 bits per heavy atom. The summed E-state index contributed by atoms with van der Waals surface area (Å²) in [5, 5.41) is 3.70. The summed E-state index contributed by atoms with van der Waals surface area (Å²) in [5.74, 6) is 1.66. The Morgan fingerprint density at radius 1 is 1.37 bits per heavy atom. The zero-order valence-electron chi connectivity index (χ0n) is 12.7. The van der Waals surface area contributed by atoms with E-state index in [4.69, 9.17) is 0 Å². The number of rotatable bonds is 3. The fraction of sp³-hybridized carbons (Fsp3) is 0.667. The highest BCUT2D eigenvalue weighted by Crippen LogP contribution is 2.27. The van der Waals surface area contributed by atoms with Gasteiger partial charge in [0.15, 0.2) is 5.82 Å². The van der Waals surface area contributed by atoms with Gasteiger partial charge in [0.05, 0.1) is 5.69 Å². The molecule has 0 aliphatic carbocycles. The summed E-state index contributed by atoms with van der Waals surface area (Å²) in [6, 6.07) is 5.28. The van der Waals surface area contributed by atoms with Crippen molar-refractivity contribution in [3.05, 3.63) is 18.3 Å². The molecule has 1 aromatic rings. The van der Waals surface area contributed by atoms with Crippen molar-refractivity contribution in [2.75, 3.05) is 37.9 Å². The van der Waals surface area contributed by atoms with Crippen LogP contribution in [0.4, 0.5) is 11.5 Å². The van der Waals surface area contributed by atoms with Gasteiger partial charge in [-0.25, -0.2) is 4.98 Å². The summed E-state index contributed by atoms with van der Waals surface area (Å²) in [6.45, 7) is 5.78. The second-order valence-corrected chi connectivity index (χ2v) is 6.02. The molecule has 0 amide bonds. The van der Waals surface area contributed by atoms with Crippen LogP contribution in [0.15, 0.2) is 18.3 Å². The molecular weight excluding hydrogens is 236 g/mol. The fourth-order valence-corrected chi connectivity index (χ4v) is 2.81. The van der Waals surface area contributed by atoms with Crippen LogP contribution in [0.5, 0.6) is 0 Å². The average Bonchev–Trinajstić information content (AvgIpc) is 2.36. The predicted molar refractivity (Wildman–Crippen MR) is 81.8 cm³/mol. The van der Waals surface area contributed by atoms with Crippen molar-refractivity contribution in [3.63, 3.8) is 0 Å². The Balaban J connectivity index is 2.13. The normalized spacial score (nSPS) is 28.2. The Hall–Kier alpha value is -1.29. The largest absolute Gasteiger partial charge is 0.379 e. The molecule has 4 nitrogen and oxygen atoms in total. The first-order valence-electron chi connectivity index (χ1n) is 7.08. The number of anilines is 2. The highest BCUT2D eigenvalue weighted by Gasteiger charge is 2.29. The van der Waals surface area contributed by atoms with Crippen LogP contribution in [-0.4, -0.2) is 49.7 Å². The summed E-state index contributed by atoms with van der Waals surface area (Å²) < 4.78 is 0. The Bertz CT molecular complexity index is 418. The SMILES string of the molecule is CC1CN(C)C(C)CC1Nc1cccnc1N(C)C. The number of hydrogen-bond donors (Lipinski definition) is 1. The molecule has 1 aliphatic rings. The zero-order chi connectivity index (χ0) is 14.0. The van der Waals surface area contributed by atoms with E-state index in [2.05, 4.69) is 47.1 Å². The molecule has 1 N–H and O–H groups in total. The summed E-state index contributed by atoms with van der Waals surface area (Å²) in [4.78, 5) is 8.96. The van der Waals surface area contributed by atoms with Crippen LogP contribution >= 0.6 is 0 Å². The van der Waals surface area contributed by atoms with Crippen LogP contribution in [0, 0.1) is 5.92 Å². The summed E-state index contributed by atoms with van der Waals surface area (Å²) in [5.41, 5.74) is 1.14. The van der Waals surface area contributed by atoms with Gasteiger partial charge in [-0.15, -0.1) is 0 Å². The highest BCUT2D eigenvalue weighted by atomic mass is 15.2. The van der Waals surface area contributed by atoms with E-state index in [0.29, 0.717) is 18.0 Å². The molecule has 0 spiro atoms. The van der Waals surface area contributed by atoms with E-state index in [0.717, 1.165) is 18.1 Å². The van der Waals surface area contributed by atoms with Crippen molar-refractivity contribution >= 4 is 11.5 Å². The number of pyridine rings is 1. The van der Waals surface area contributed by atoms with Gasteiger partial charge >= 0.3 is 0 Å². The van der Waals surface area contributed by atoms with Crippen LogP contribution in [0.2, 0.25) is 0 Å². The molecule has 4 heteroatoms. The van der Waals surface area contributed by atoms with E-state index in [1.165, 1.54) is 6.42 Å². The number of nitrogens with zero attached hydrogens (tertiary/aromatic N) is 3. The highest BCUT2D eigenvalue weighted by molar-refractivity contribution is 5.65. The summed E-state index contributed by atoms with van der Waals surface area (Å²) >= 11 is 0. The molecule has 0 aromatic carbocycles. The van der Waals surface area contributed by atoms with Gasteiger partial charge in [-0.1, -0.05) is 6.92 Å². The summed E-state index contributed by atoms with van der Waals surface area (Å²) in [6.07, 6.45) is 3.03. The lowest BCUT2D eigenvalue weighted by Crippen LogP contribution is -2.48. The second kappa shape index (κ2) is 5.78. The van der Waals surface area contributed by atoms with Gasteiger partial charge in [0.1, 0.15) is 0 Å². The molecule has 106 valence electrons. The van der Waals surface area contributed by atoms with Crippen molar-refractivity contribution in [2.45, 2.75) is 32.4 Å². The number of hydrogen-bond acceptors (Lipinski definition) is 4. The zero-order valence-corrected chi connectivity index (χ0v) is 12.7. The maximum atomic E-state index is 4.46. The van der Waals surface area contributed by atoms with E-state index in [1.807, 2.05) is 26.4 Å². The number of likely N-dealkylation sites (tertiary alicyclic amines) is 1. The summed E-state index contributed by atoms with van der Waals surface area (Å²) in [7, 11) is 6.29. The Morgan fingerprint density at radius 2 is 2.11 bits per heavy atom. The molecule has 0 saturated carbocycles. The number of piperidine rings is 1. The standard InChI is InChI=1S/C15H26N4/c1-11-10-19(5)12(2)9-14(11)17-13-7-6-8-16-15(13)18(3)4/h6-8,11-12,14,17H,9-10H2,1-5H3. The van der Waals surface area contributed by atoms with E-state index >= 15 is 0 Å². The predicted octanol–water partition coefficient (Wildman–Crippen LogP) is 2.29. The average molecular weight is 262 g/mol. The Kier molecular flexibility index (Phi) is 4.30. The Labute approximate surface area is 116 Å². The lowest BCUT2D eigenvalue weighted by atomic mass is 9.89. The number of aromatic nitrogens is 1. The first-order chi connectivity index (χ1) is 8.99. The topological polar surface area (TPSA) is 31.4 Å². The second-order valence-electron chi connectivity index (χ2n) is 6.02. The van der Waals surface area contributed by atoms with E-state index in [9.17, 15) is 0 Å². The van der Waals surface area contributed by atoms with Crippen LogP contribution in [0.1, 0.15) is 20.3 Å². The van der Waals surface area contributed by atoms with Crippen molar-refractivity contribution < 1.29 is 0 Å². The van der Waals surface area contributed by atoms with Crippen molar-refractivity contribution in [1.29, 1.82) is 0 Å². The maximum absolute atomic E-state index is 4.46. The van der Waals surface area contributed by atoms with Crippen LogP contribution < -0.4 is 10.2 Å². The quantitative estimate of drug-likeness (QED) is 0.905. The molecule has 1 aliphatic heterocycles. The molecule has 2 heterocycles. The third kappa shape index (κ3) is 3.18. The van der Waals surface area contributed by atoms with Crippen molar-refractivity contribution in [2.24, 2.45) is 5.92 Å². The van der Waals surface area contributed by atoms with Crippen LogP contribution in [-0.2, 0) is 0 Å². The maximum Gasteiger partial charge on any atom is 0.151 e. The minimum Gasteiger partial charge on any atom is -0.379 e. The van der Waals surface area contributed by atoms with Gasteiger partial charge < -0.3 is 15.1 Å². The smallest absolute Gasteiger partial charge is 0.151 e. The van der Waals surface area contributed by atoms with Crippen LogP contribution in [0.3, 0.4) is 0 Å². The minimum absolute atomic E-state index is 0.522. The molecular formula is C15H26N4. The van der Waals surface area contributed by atoms with Gasteiger partial charge in [0.2, 0.25) is 0 Å². The third-order valence-corrected chi connectivity index (χ3v) is 4.16. The molecule has 3 unspecified atom stereocenters. The third-order valence-electron chi connectivity index (χ3n) is 4.16.